The highest BCUT2D eigenvalue weighted by Crippen LogP contribution is 2.31. The normalized spacial score (nSPS) is 25.8. The van der Waals surface area contributed by atoms with Crippen molar-refractivity contribution in [2.75, 3.05) is 17.2 Å². The Morgan fingerprint density at radius 2 is 2.06 bits per heavy atom. The summed E-state index contributed by atoms with van der Waals surface area (Å²) in [5.74, 6) is 0.416. The number of rotatable bonds is 1. The van der Waals surface area contributed by atoms with E-state index >= 15 is 0 Å². The van der Waals surface area contributed by atoms with Crippen LogP contribution in [0.4, 0.5) is 15.8 Å². The van der Waals surface area contributed by atoms with Crippen LogP contribution in [0.3, 0.4) is 0 Å². The van der Waals surface area contributed by atoms with E-state index in [2.05, 4.69) is 18.7 Å². The fourth-order valence-electron chi connectivity index (χ4n) is 2.41. The van der Waals surface area contributed by atoms with Crippen LogP contribution in [-0.4, -0.2) is 12.6 Å². The molecule has 0 amide bonds. The van der Waals surface area contributed by atoms with Crippen LogP contribution < -0.4 is 10.6 Å². The molecule has 0 aromatic heterocycles. The molecule has 1 aliphatic heterocycles. The van der Waals surface area contributed by atoms with Gasteiger partial charge in [-0.1, -0.05) is 6.92 Å². The van der Waals surface area contributed by atoms with Crippen LogP contribution in [0.25, 0.3) is 0 Å². The van der Waals surface area contributed by atoms with Gasteiger partial charge in [-0.25, -0.2) is 4.39 Å². The molecule has 1 aliphatic rings. The zero-order valence-electron chi connectivity index (χ0n) is 9.91. The van der Waals surface area contributed by atoms with Gasteiger partial charge in [-0.15, -0.1) is 0 Å². The monoisotopic (exact) mass is 222 g/mol. The third-order valence-electron chi connectivity index (χ3n) is 3.42. The maximum Gasteiger partial charge on any atom is 0.125 e. The van der Waals surface area contributed by atoms with Crippen LogP contribution in [0.1, 0.15) is 26.7 Å². The molecule has 0 radical (unpaired) electrons. The van der Waals surface area contributed by atoms with Crippen LogP contribution >= 0.6 is 0 Å². The van der Waals surface area contributed by atoms with Crippen molar-refractivity contribution in [3.05, 3.63) is 24.0 Å². The zero-order valence-corrected chi connectivity index (χ0v) is 9.91. The molecule has 1 heterocycles. The number of piperidine rings is 1. The molecule has 3 heteroatoms. The summed E-state index contributed by atoms with van der Waals surface area (Å²) in [6.45, 7) is 5.46. The van der Waals surface area contributed by atoms with E-state index in [1.807, 2.05) is 0 Å². The lowest BCUT2D eigenvalue weighted by molar-refractivity contribution is 0.390. The molecule has 1 saturated heterocycles. The van der Waals surface area contributed by atoms with Gasteiger partial charge in [0.05, 0.1) is 11.4 Å². The number of nitrogens with zero attached hydrogens (tertiary/aromatic N) is 1. The average molecular weight is 222 g/mol. The molecule has 2 N–H and O–H groups in total. The number of halogens is 1. The molecular weight excluding hydrogens is 203 g/mol. The van der Waals surface area contributed by atoms with Crippen molar-refractivity contribution in [1.82, 2.24) is 0 Å². The Kier molecular flexibility index (Phi) is 3.03. The predicted octanol–water partition coefficient (Wildman–Crippen LogP) is 3.03. The summed E-state index contributed by atoms with van der Waals surface area (Å²) in [6, 6.07) is 5.17. The number of hydrogen-bond acceptors (Lipinski definition) is 2. The summed E-state index contributed by atoms with van der Waals surface area (Å²) in [4.78, 5) is 2.29. The standard InChI is InChI=1S/C13H19FN2/c1-9-3-4-10(2)16(8-9)13-6-5-11(14)7-12(13)15/h5-7,9-10H,3-4,8,15H2,1-2H3. The molecule has 1 aromatic carbocycles. The Morgan fingerprint density at radius 1 is 1.31 bits per heavy atom. The van der Waals surface area contributed by atoms with E-state index in [9.17, 15) is 4.39 Å². The minimum Gasteiger partial charge on any atom is -0.397 e. The first-order valence-corrected chi connectivity index (χ1v) is 5.89. The summed E-state index contributed by atoms with van der Waals surface area (Å²) < 4.78 is 13.0. The van der Waals surface area contributed by atoms with Gasteiger partial charge in [0.25, 0.3) is 0 Å². The first-order chi connectivity index (χ1) is 7.58. The van der Waals surface area contributed by atoms with Gasteiger partial charge in [-0.3, -0.25) is 0 Å². The summed E-state index contributed by atoms with van der Waals surface area (Å²) in [5, 5.41) is 0. The Balaban J connectivity index is 2.28. The molecule has 0 aliphatic carbocycles. The Morgan fingerprint density at radius 3 is 2.75 bits per heavy atom. The van der Waals surface area contributed by atoms with E-state index in [0.29, 0.717) is 17.6 Å². The lowest BCUT2D eigenvalue weighted by atomic mass is 9.94. The maximum absolute atomic E-state index is 13.0. The molecule has 2 atom stereocenters. The Hall–Kier alpha value is -1.25. The van der Waals surface area contributed by atoms with Crippen molar-refractivity contribution in [2.45, 2.75) is 32.7 Å². The van der Waals surface area contributed by atoms with Gasteiger partial charge in [0, 0.05) is 12.6 Å². The Labute approximate surface area is 96.2 Å². The largest absolute Gasteiger partial charge is 0.397 e. The number of nitrogens with two attached hydrogens (primary N) is 1. The minimum atomic E-state index is -0.265. The lowest BCUT2D eigenvalue weighted by Crippen LogP contribution is -2.41. The van der Waals surface area contributed by atoms with E-state index < -0.39 is 0 Å². The topological polar surface area (TPSA) is 29.3 Å². The number of anilines is 2. The molecule has 0 spiro atoms. The van der Waals surface area contributed by atoms with Crippen LogP contribution in [0.5, 0.6) is 0 Å². The van der Waals surface area contributed by atoms with Gasteiger partial charge in [-0.2, -0.15) is 0 Å². The molecule has 2 unspecified atom stereocenters. The van der Waals surface area contributed by atoms with Crippen molar-refractivity contribution >= 4 is 11.4 Å². The first-order valence-electron chi connectivity index (χ1n) is 5.89. The Bertz CT molecular complexity index is 378. The van der Waals surface area contributed by atoms with Gasteiger partial charge in [0.2, 0.25) is 0 Å². The van der Waals surface area contributed by atoms with Gasteiger partial charge in [-0.05, 0) is 43.9 Å². The molecule has 2 rings (SSSR count). The number of nitrogen functional groups attached to an aromatic ring is 1. The highest BCUT2D eigenvalue weighted by Gasteiger charge is 2.24. The molecule has 1 aromatic rings. The van der Waals surface area contributed by atoms with E-state index in [-0.39, 0.29) is 5.82 Å². The maximum atomic E-state index is 13.0. The predicted molar refractivity (Wildman–Crippen MR) is 66.0 cm³/mol. The lowest BCUT2D eigenvalue weighted by Gasteiger charge is -2.39. The molecule has 88 valence electrons. The van der Waals surface area contributed by atoms with E-state index in [1.165, 1.54) is 25.0 Å². The van der Waals surface area contributed by atoms with Gasteiger partial charge in [0.1, 0.15) is 5.82 Å². The molecule has 2 nitrogen and oxygen atoms in total. The summed E-state index contributed by atoms with van der Waals surface area (Å²) >= 11 is 0. The van der Waals surface area contributed by atoms with Crippen molar-refractivity contribution < 1.29 is 4.39 Å². The SMILES string of the molecule is CC1CCC(C)N(c2ccc(F)cc2N)C1. The first kappa shape index (κ1) is 11.2. The molecule has 0 bridgehead atoms. The van der Waals surface area contributed by atoms with Crippen LogP contribution in [-0.2, 0) is 0 Å². The second-order valence-corrected chi connectivity index (χ2v) is 4.89. The van der Waals surface area contributed by atoms with E-state index in [1.54, 1.807) is 6.07 Å². The molecule has 0 saturated carbocycles. The van der Waals surface area contributed by atoms with Crippen LogP contribution in [0.15, 0.2) is 18.2 Å². The highest BCUT2D eigenvalue weighted by molar-refractivity contribution is 5.68. The second-order valence-electron chi connectivity index (χ2n) is 4.89. The smallest absolute Gasteiger partial charge is 0.125 e. The van der Waals surface area contributed by atoms with Gasteiger partial charge >= 0.3 is 0 Å². The second kappa shape index (κ2) is 4.32. The highest BCUT2D eigenvalue weighted by atomic mass is 19.1. The molecule has 16 heavy (non-hydrogen) atoms. The van der Waals surface area contributed by atoms with Crippen molar-refractivity contribution in [2.24, 2.45) is 5.92 Å². The summed E-state index contributed by atoms with van der Waals surface area (Å²) in [6.07, 6.45) is 2.44. The zero-order chi connectivity index (χ0) is 11.7. The summed E-state index contributed by atoms with van der Waals surface area (Å²) in [7, 11) is 0. The number of hydrogen-bond donors (Lipinski definition) is 1. The minimum absolute atomic E-state index is 0.265. The van der Waals surface area contributed by atoms with Gasteiger partial charge in [0.15, 0.2) is 0 Å². The molecule has 1 fully saturated rings. The summed E-state index contributed by atoms with van der Waals surface area (Å²) in [5.41, 5.74) is 7.39. The third-order valence-corrected chi connectivity index (χ3v) is 3.42. The van der Waals surface area contributed by atoms with Crippen LogP contribution in [0, 0.1) is 11.7 Å². The fraction of sp³-hybridized carbons (Fsp3) is 0.538. The third kappa shape index (κ3) is 2.13. The van der Waals surface area contributed by atoms with E-state index in [4.69, 9.17) is 5.73 Å². The van der Waals surface area contributed by atoms with Crippen molar-refractivity contribution in [3.63, 3.8) is 0 Å². The van der Waals surface area contributed by atoms with Crippen LogP contribution in [0.2, 0.25) is 0 Å². The van der Waals surface area contributed by atoms with E-state index in [0.717, 1.165) is 12.2 Å². The van der Waals surface area contributed by atoms with Gasteiger partial charge < -0.3 is 10.6 Å². The molecular formula is C13H19FN2. The van der Waals surface area contributed by atoms with Crippen molar-refractivity contribution in [3.8, 4) is 0 Å². The fourth-order valence-corrected chi connectivity index (χ4v) is 2.41. The number of benzene rings is 1. The quantitative estimate of drug-likeness (QED) is 0.740. The average Bonchev–Trinajstić information content (AvgIpc) is 2.22. The van der Waals surface area contributed by atoms with Crippen molar-refractivity contribution in [1.29, 1.82) is 0 Å².